The van der Waals surface area contributed by atoms with Crippen LogP contribution in [0.2, 0.25) is 0 Å². The first-order valence-corrected chi connectivity index (χ1v) is 10.8. The first-order chi connectivity index (χ1) is 12.1. The van der Waals surface area contributed by atoms with Crippen molar-refractivity contribution in [3.63, 3.8) is 0 Å². The highest BCUT2D eigenvalue weighted by molar-refractivity contribution is 7.88. The summed E-state index contributed by atoms with van der Waals surface area (Å²) in [6, 6.07) is 6.10. The van der Waals surface area contributed by atoms with Crippen LogP contribution in [0, 0.1) is 5.82 Å². The lowest BCUT2D eigenvalue weighted by atomic mass is 9.90. The van der Waals surface area contributed by atoms with Crippen LogP contribution in [0.25, 0.3) is 0 Å². The Morgan fingerprint density at radius 3 is 2.69 bits per heavy atom. The zero-order chi connectivity index (χ0) is 19.4. The lowest BCUT2D eigenvalue weighted by Crippen LogP contribution is -2.54. The highest BCUT2D eigenvalue weighted by atomic mass is 32.2. The van der Waals surface area contributed by atoms with Gasteiger partial charge in [0.05, 0.1) is 6.26 Å². The number of hydrogen-bond donors (Lipinski definition) is 2. The molecule has 8 heteroatoms. The second-order valence-corrected chi connectivity index (χ2v) is 9.03. The van der Waals surface area contributed by atoms with Crippen LogP contribution in [0.1, 0.15) is 38.7 Å². The number of carbonyl (C=O) groups is 1. The Bertz CT molecular complexity index is 741. The van der Waals surface area contributed by atoms with Gasteiger partial charge < -0.3 is 10.2 Å². The van der Waals surface area contributed by atoms with Crippen molar-refractivity contribution < 1.29 is 17.6 Å². The molecule has 0 bridgehead atoms. The van der Waals surface area contributed by atoms with Gasteiger partial charge in [-0.1, -0.05) is 25.1 Å². The number of nitrogens with zero attached hydrogens (tertiary/aromatic N) is 1. The maximum Gasteiger partial charge on any atom is 0.318 e. The quantitative estimate of drug-likeness (QED) is 0.756. The smallest absolute Gasteiger partial charge is 0.318 e. The number of likely N-dealkylation sites (tertiary alicyclic amines) is 1. The van der Waals surface area contributed by atoms with Crippen molar-refractivity contribution in [3.8, 4) is 0 Å². The fourth-order valence-corrected chi connectivity index (χ4v) is 3.91. The molecule has 2 atom stereocenters. The molecule has 2 N–H and O–H groups in total. The van der Waals surface area contributed by atoms with Gasteiger partial charge in [-0.15, -0.1) is 0 Å². The fourth-order valence-electron chi connectivity index (χ4n) is 3.41. The molecule has 1 aromatic rings. The minimum absolute atomic E-state index is 0.152. The van der Waals surface area contributed by atoms with Gasteiger partial charge >= 0.3 is 6.03 Å². The summed E-state index contributed by atoms with van der Waals surface area (Å²) in [5, 5.41) is 2.90. The Balaban J connectivity index is 2.05. The fraction of sp³-hybridized carbons (Fsp3) is 0.611. The van der Waals surface area contributed by atoms with Crippen LogP contribution in [0.15, 0.2) is 24.3 Å². The molecule has 2 rings (SSSR count). The summed E-state index contributed by atoms with van der Waals surface area (Å²) >= 11 is 0. The summed E-state index contributed by atoms with van der Waals surface area (Å²) in [7, 11) is -3.31. The Kier molecular flexibility index (Phi) is 6.63. The molecule has 2 unspecified atom stereocenters. The number of urea groups is 1. The van der Waals surface area contributed by atoms with Crippen LogP contribution >= 0.6 is 0 Å². The van der Waals surface area contributed by atoms with E-state index < -0.39 is 15.6 Å². The Morgan fingerprint density at radius 2 is 2.08 bits per heavy atom. The lowest BCUT2D eigenvalue weighted by molar-refractivity contribution is 0.151. The summed E-state index contributed by atoms with van der Waals surface area (Å²) in [6.45, 7) is 4.62. The highest BCUT2D eigenvalue weighted by Crippen LogP contribution is 2.33. The third-order valence-corrected chi connectivity index (χ3v) is 5.63. The minimum atomic E-state index is -3.31. The van der Waals surface area contributed by atoms with E-state index in [-0.39, 0.29) is 24.4 Å². The van der Waals surface area contributed by atoms with E-state index >= 15 is 0 Å². The van der Waals surface area contributed by atoms with Crippen molar-refractivity contribution >= 4 is 16.1 Å². The van der Waals surface area contributed by atoms with E-state index in [4.69, 9.17) is 0 Å². The summed E-state index contributed by atoms with van der Waals surface area (Å²) < 4.78 is 39.0. The van der Waals surface area contributed by atoms with Crippen molar-refractivity contribution in [1.82, 2.24) is 14.9 Å². The SMILES string of the molecule is CCC(CNS(C)(=O)=O)NC(=O)N1CCCC1(C)Cc1ccccc1F. The molecule has 0 aliphatic carbocycles. The maximum atomic E-state index is 14.0. The molecule has 0 radical (unpaired) electrons. The van der Waals surface area contributed by atoms with E-state index in [0.29, 0.717) is 24.9 Å². The molecular weight excluding hydrogens is 357 g/mol. The summed E-state index contributed by atoms with van der Waals surface area (Å²) in [5.41, 5.74) is 0.134. The topological polar surface area (TPSA) is 78.5 Å². The van der Waals surface area contributed by atoms with Gasteiger partial charge in [0.25, 0.3) is 0 Å². The molecule has 0 saturated carbocycles. The molecule has 6 nitrogen and oxygen atoms in total. The van der Waals surface area contributed by atoms with Crippen molar-refractivity contribution in [3.05, 3.63) is 35.6 Å². The molecule has 146 valence electrons. The number of sulfonamides is 1. The van der Waals surface area contributed by atoms with E-state index in [1.165, 1.54) is 6.07 Å². The predicted molar refractivity (Wildman–Crippen MR) is 99.9 cm³/mol. The molecule has 1 aromatic carbocycles. The Hall–Kier alpha value is -1.67. The van der Waals surface area contributed by atoms with Crippen LogP contribution in [0.4, 0.5) is 9.18 Å². The van der Waals surface area contributed by atoms with Gasteiger partial charge in [0, 0.05) is 24.7 Å². The van der Waals surface area contributed by atoms with Crippen LogP contribution in [-0.2, 0) is 16.4 Å². The number of halogens is 1. The van der Waals surface area contributed by atoms with Gasteiger partial charge in [0.1, 0.15) is 5.82 Å². The molecule has 1 saturated heterocycles. The van der Waals surface area contributed by atoms with Crippen LogP contribution in [0.3, 0.4) is 0 Å². The van der Waals surface area contributed by atoms with Gasteiger partial charge in [-0.3, -0.25) is 0 Å². The molecule has 1 heterocycles. The van der Waals surface area contributed by atoms with Crippen LogP contribution < -0.4 is 10.0 Å². The van der Waals surface area contributed by atoms with Crippen molar-refractivity contribution in [2.24, 2.45) is 0 Å². The van der Waals surface area contributed by atoms with Crippen LogP contribution in [-0.4, -0.2) is 50.3 Å². The minimum Gasteiger partial charge on any atom is -0.334 e. The second kappa shape index (κ2) is 8.35. The molecule has 1 fully saturated rings. The van der Waals surface area contributed by atoms with Gasteiger partial charge in [0.2, 0.25) is 10.0 Å². The zero-order valence-corrected chi connectivity index (χ0v) is 16.4. The number of rotatable bonds is 7. The molecule has 0 aromatic heterocycles. The van der Waals surface area contributed by atoms with Crippen LogP contribution in [0.5, 0.6) is 0 Å². The zero-order valence-electron chi connectivity index (χ0n) is 15.6. The largest absolute Gasteiger partial charge is 0.334 e. The number of hydrogen-bond acceptors (Lipinski definition) is 3. The average molecular weight is 386 g/mol. The van der Waals surface area contributed by atoms with Gasteiger partial charge in [0.15, 0.2) is 0 Å². The van der Waals surface area contributed by atoms with E-state index in [9.17, 15) is 17.6 Å². The maximum absolute atomic E-state index is 14.0. The Labute approximate surface area is 155 Å². The van der Waals surface area contributed by atoms with Crippen molar-refractivity contribution in [1.29, 1.82) is 0 Å². The molecule has 1 aliphatic rings. The molecule has 2 amide bonds. The van der Waals surface area contributed by atoms with Crippen molar-refractivity contribution in [2.45, 2.75) is 51.1 Å². The predicted octanol–water partition coefficient (Wildman–Crippen LogP) is 2.26. The molecule has 0 spiro atoms. The molecule has 1 aliphatic heterocycles. The normalized spacial score (nSPS) is 21.6. The van der Waals surface area contributed by atoms with E-state index in [1.54, 1.807) is 23.1 Å². The highest BCUT2D eigenvalue weighted by Gasteiger charge is 2.40. The van der Waals surface area contributed by atoms with E-state index in [1.807, 2.05) is 13.8 Å². The lowest BCUT2D eigenvalue weighted by Gasteiger charge is -2.36. The number of nitrogens with one attached hydrogen (secondary N) is 2. The summed E-state index contributed by atoms with van der Waals surface area (Å²) in [6.07, 6.45) is 3.80. The number of benzene rings is 1. The average Bonchev–Trinajstić information content (AvgIpc) is 2.94. The number of amides is 2. The van der Waals surface area contributed by atoms with E-state index in [2.05, 4.69) is 10.0 Å². The molecular formula is C18H28FN3O3S. The monoisotopic (exact) mass is 385 g/mol. The third kappa shape index (κ3) is 5.41. The summed E-state index contributed by atoms with van der Waals surface area (Å²) in [5.74, 6) is -0.259. The first-order valence-electron chi connectivity index (χ1n) is 8.91. The van der Waals surface area contributed by atoms with E-state index in [0.717, 1.165) is 19.1 Å². The second-order valence-electron chi connectivity index (χ2n) is 7.20. The van der Waals surface area contributed by atoms with Gasteiger partial charge in [-0.05, 0) is 44.2 Å². The van der Waals surface area contributed by atoms with Crippen molar-refractivity contribution in [2.75, 3.05) is 19.3 Å². The number of carbonyl (C=O) groups excluding carboxylic acids is 1. The Morgan fingerprint density at radius 1 is 1.38 bits per heavy atom. The summed E-state index contributed by atoms with van der Waals surface area (Å²) in [4.78, 5) is 14.5. The standard InChI is InChI=1S/C18H28FN3O3S/c1-4-15(13-20-26(3,24)25)21-17(23)22-11-7-10-18(22,2)12-14-8-5-6-9-16(14)19/h5-6,8-9,15,20H,4,7,10-13H2,1-3H3,(H,21,23). The first kappa shape index (κ1) is 20.6. The third-order valence-electron chi connectivity index (χ3n) is 4.94. The van der Waals surface area contributed by atoms with Gasteiger partial charge in [-0.25, -0.2) is 22.3 Å². The van der Waals surface area contributed by atoms with Gasteiger partial charge in [-0.2, -0.15) is 0 Å². The molecule has 26 heavy (non-hydrogen) atoms.